The molecule has 0 aliphatic heterocycles. The average molecular weight is 469 g/mol. The van der Waals surface area contributed by atoms with E-state index in [0.29, 0.717) is 29.0 Å². The number of carbonyl (C=O) groups is 2. The van der Waals surface area contributed by atoms with Gasteiger partial charge >= 0.3 is 5.97 Å². The van der Waals surface area contributed by atoms with Crippen molar-refractivity contribution in [2.24, 2.45) is 45.3 Å². The quantitative estimate of drug-likeness (QED) is 0.402. The van der Waals surface area contributed by atoms with Crippen LogP contribution in [0.3, 0.4) is 0 Å². The topological polar surface area (TPSA) is 54.4 Å². The number of hydrogen-bond acceptors (Lipinski definition) is 2. The summed E-state index contributed by atoms with van der Waals surface area (Å²) in [4.78, 5) is 24.2. The van der Waals surface area contributed by atoms with Gasteiger partial charge in [0.05, 0.1) is 5.92 Å². The van der Waals surface area contributed by atoms with Crippen LogP contribution >= 0.6 is 0 Å². The Balaban J connectivity index is 1.59. The van der Waals surface area contributed by atoms with Gasteiger partial charge in [0.2, 0.25) is 0 Å². The summed E-state index contributed by atoms with van der Waals surface area (Å²) >= 11 is 0. The van der Waals surface area contributed by atoms with Crippen LogP contribution in [0.25, 0.3) is 0 Å². The number of hydrogen-bond donors (Lipinski definition) is 1. The first-order valence-corrected chi connectivity index (χ1v) is 13.9. The molecule has 0 saturated heterocycles. The molecule has 3 nitrogen and oxygen atoms in total. The second kappa shape index (κ2) is 8.34. The van der Waals surface area contributed by atoms with E-state index >= 15 is 0 Å². The number of Topliss-reactive ketones (excluding diaryl/α,β-unsaturated/α-hetero) is 1. The van der Waals surface area contributed by atoms with Crippen LogP contribution in [0.4, 0.5) is 0 Å². The highest BCUT2D eigenvalue weighted by atomic mass is 16.4. The Morgan fingerprint density at radius 2 is 1.68 bits per heavy atom. The van der Waals surface area contributed by atoms with E-state index in [2.05, 4.69) is 48.1 Å². The summed E-state index contributed by atoms with van der Waals surface area (Å²) in [6.07, 6.45) is 11.0. The summed E-state index contributed by atoms with van der Waals surface area (Å²) in [5.41, 5.74) is 4.90. The number of ketones is 1. The lowest BCUT2D eigenvalue weighted by Crippen LogP contribution is -2.53. The number of rotatable bonds is 6. The van der Waals surface area contributed by atoms with E-state index in [1.165, 1.54) is 32.1 Å². The van der Waals surface area contributed by atoms with E-state index in [4.69, 9.17) is 0 Å². The second-order valence-electron chi connectivity index (χ2n) is 13.7. The van der Waals surface area contributed by atoms with E-state index < -0.39 is 11.9 Å². The van der Waals surface area contributed by atoms with Crippen LogP contribution in [0, 0.1) is 45.3 Å². The maximum atomic E-state index is 12.8. The molecule has 1 N–H and O–H groups in total. The Bertz CT molecular complexity index is 925. The molecular weight excluding hydrogens is 420 g/mol. The summed E-state index contributed by atoms with van der Waals surface area (Å²) in [5.74, 6) is 0.980. The molecule has 0 bridgehead atoms. The highest BCUT2D eigenvalue weighted by Gasteiger charge is 2.63. The maximum absolute atomic E-state index is 12.8. The number of fused-ring (bicyclic) bond motifs is 4. The Labute approximate surface area is 207 Å². The van der Waals surface area contributed by atoms with Crippen LogP contribution in [-0.4, -0.2) is 16.9 Å². The molecule has 4 aliphatic carbocycles. The third-order valence-electron chi connectivity index (χ3n) is 12.2. The maximum Gasteiger partial charge on any atom is 0.310 e. The van der Waals surface area contributed by atoms with Crippen LogP contribution < -0.4 is 0 Å². The van der Waals surface area contributed by atoms with Crippen molar-refractivity contribution < 1.29 is 14.7 Å². The van der Waals surface area contributed by atoms with Crippen molar-refractivity contribution >= 4 is 11.8 Å². The first kappa shape index (κ1) is 25.7. The van der Waals surface area contributed by atoms with Crippen LogP contribution in [0.5, 0.6) is 0 Å². The Morgan fingerprint density at radius 1 is 1.00 bits per heavy atom. The van der Waals surface area contributed by atoms with E-state index in [9.17, 15) is 14.7 Å². The third-order valence-corrected chi connectivity index (χ3v) is 12.2. The molecule has 190 valence electrons. The predicted molar refractivity (Wildman–Crippen MR) is 138 cm³/mol. The zero-order chi connectivity index (χ0) is 25.3. The molecule has 0 radical (unpaired) electrons. The van der Waals surface area contributed by atoms with Crippen LogP contribution in [0.1, 0.15) is 113 Å². The molecule has 4 aliphatic rings. The van der Waals surface area contributed by atoms with Crippen molar-refractivity contribution in [3.05, 3.63) is 23.3 Å². The van der Waals surface area contributed by atoms with Crippen LogP contribution in [0.2, 0.25) is 0 Å². The Morgan fingerprint density at radius 3 is 2.32 bits per heavy atom. The fourth-order valence-electron chi connectivity index (χ4n) is 9.45. The molecule has 3 heteroatoms. The van der Waals surface area contributed by atoms with Gasteiger partial charge in [0.1, 0.15) is 5.78 Å². The third kappa shape index (κ3) is 3.50. The van der Waals surface area contributed by atoms with Crippen LogP contribution in [-0.2, 0) is 9.59 Å². The summed E-state index contributed by atoms with van der Waals surface area (Å²) in [6, 6.07) is 0. The lowest BCUT2D eigenvalue weighted by Gasteiger charge is -2.61. The van der Waals surface area contributed by atoms with Gasteiger partial charge in [-0.15, -0.1) is 0 Å². The molecule has 0 aromatic heterocycles. The predicted octanol–water partition coefficient (Wildman–Crippen LogP) is 8.00. The summed E-state index contributed by atoms with van der Waals surface area (Å²) in [7, 11) is 0. The van der Waals surface area contributed by atoms with Gasteiger partial charge in [-0.3, -0.25) is 9.59 Å². The number of carboxylic acid groups (broad SMARTS) is 1. The largest absolute Gasteiger partial charge is 0.481 e. The molecule has 7 atom stereocenters. The van der Waals surface area contributed by atoms with Gasteiger partial charge < -0.3 is 5.11 Å². The number of allylic oxidation sites excluding steroid dienone is 2. The number of aliphatic carboxylic acids is 1. The lowest BCUT2D eigenvalue weighted by molar-refractivity contribution is -0.140. The molecule has 0 aromatic carbocycles. The van der Waals surface area contributed by atoms with Gasteiger partial charge in [-0.2, -0.15) is 0 Å². The van der Waals surface area contributed by atoms with Crippen molar-refractivity contribution in [2.75, 3.05) is 0 Å². The smallest absolute Gasteiger partial charge is 0.310 e. The van der Waals surface area contributed by atoms with Gasteiger partial charge in [0, 0.05) is 11.8 Å². The molecule has 4 rings (SSSR count). The van der Waals surface area contributed by atoms with Crippen molar-refractivity contribution in [2.45, 2.75) is 113 Å². The van der Waals surface area contributed by atoms with Crippen molar-refractivity contribution in [1.29, 1.82) is 0 Å². The monoisotopic (exact) mass is 468 g/mol. The van der Waals surface area contributed by atoms with Gasteiger partial charge in [0.15, 0.2) is 0 Å². The summed E-state index contributed by atoms with van der Waals surface area (Å²) in [5, 5.41) is 9.33. The van der Waals surface area contributed by atoms with Crippen molar-refractivity contribution in [1.82, 2.24) is 0 Å². The summed E-state index contributed by atoms with van der Waals surface area (Å²) in [6.45, 7) is 20.3. The number of carbonyl (C=O) groups excluding carboxylic acids is 1. The van der Waals surface area contributed by atoms with Crippen LogP contribution in [0.15, 0.2) is 23.3 Å². The van der Waals surface area contributed by atoms with Gasteiger partial charge in [-0.25, -0.2) is 0 Å². The minimum atomic E-state index is -0.763. The molecule has 2 fully saturated rings. The Hall–Kier alpha value is -1.38. The van der Waals surface area contributed by atoms with Gasteiger partial charge in [-0.1, -0.05) is 64.8 Å². The molecular formula is C31H48O3. The fraction of sp³-hybridized carbons (Fsp3) is 0.806. The van der Waals surface area contributed by atoms with Gasteiger partial charge in [0.25, 0.3) is 0 Å². The first-order valence-electron chi connectivity index (χ1n) is 13.9. The van der Waals surface area contributed by atoms with E-state index in [1.54, 1.807) is 18.1 Å². The van der Waals surface area contributed by atoms with E-state index in [-0.39, 0.29) is 16.2 Å². The minimum absolute atomic E-state index is 0.184. The normalized spacial score (nSPS) is 40.7. The van der Waals surface area contributed by atoms with E-state index in [0.717, 1.165) is 37.7 Å². The number of carboxylic acids is 1. The second-order valence-corrected chi connectivity index (χ2v) is 13.7. The van der Waals surface area contributed by atoms with E-state index in [1.807, 2.05) is 0 Å². The minimum Gasteiger partial charge on any atom is -0.481 e. The molecule has 7 unspecified atom stereocenters. The molecule has 0 aromatic rings. The van der Waals surface area contributed by atoms with Crippen molar-refractivity contribution in [3.8, 4) is 0 Å². The standard InChI is InChI=1S/C31H48O3/c1-19(21(3)27(33)34)9-10-20(2)22-13-17-31(8)24-11-12-25-28(4,5)26(32)15-16-29(25,6)23(24)14-18-30(22,31)7/h20-22,25H,1,9-18H2,2-8H3,(H,33,34). The zero-order valence-corrected chi connectivity index (χ0v) is 22.9. The zero-order valence-electron chi connectivity index (χ0n) is 22.9. The molecule has 0 spiro atoms. The summed E-state index contributed by atoms with van der Waals surface area (Å²) < 4.78 is 0. The average Bonchev–Trinajstić information content (AvgIpc) is 3.05. The fourth-order valence-corrected chi connectivity index (χ4v) is 9.45. The van der Waals surface area contributed by atoms with Crippen molar-refractivity contribution in [3.63, 3.8) is 0 Å². The Kier molecular flexibility index (Phi) is 6.31. The molecule has 2 saturated carbocycles. The lowest BCUT2D eigenvalue weighted by atomic mass is 9.43. The SMILES string of the molecule is C=C(CCC(C)C1CCC2(C)C3=C(CCC12C)C1(C)CCC(=O)C(C)(C)C1CC3)C(C)C(=O)O. The highest BCUT2D eigenvalue weighted by Crippen LogP contribution is 2.72. The first-order chi connectivity index (χ1) is 15.7. The molecule has 34 heavy (non-hydrogen) atoms. The molecule has 0 amide bonds. The highest BCUT2D eigenvalue weighted by molar-refractivity contribution is 5.85. The molecule has 0 heterocycles. The van der Waals surface area contributed by atoms with Gasteiger partial charge in [-0.05, 0) is 98.7 Å².